The average molecular weight is 297 g/mol. The number of hydrogen-bond acceptors (Lipinski definition) is 3. The Bertz CT molecular complexity index is 294. The molecule has 1 aliphatic heterocycles. The number of rotatable bonds is 9. The molecule has 0 saturated carbocycles. The molecule has 0 aromatic heterocycles. The van der Waals surface area contributed by atoms with E-state index >= 15 is 0 Å². The van der Waals surface area contributed by atoms with E-state index in [4.69, 9.17) is 0 Å². The monoisotopic (exact) mass is 297 g/mol. The molecule has 0 radical (unpaired) electrons. The Balaban J connectivity index is 2.43. The molecule has 0 aromatic carbocycles. The molecule has 124 valence electrons. The molecule has 1 heterocycles. The summed E-state index contributed by atoms with van der Waals surface area (Å²) >= 11 is 0. The average Bonchev–Trinajstić information content (AvgIpc) is 2.47. The van der Waals surface area contributed by atoms with E-state index in [-0.39, 0.29) is 11.9 Å². The van der Waals surface area contributed by atoms with E-state index in [9.17, 15) is 4.79 Å². The van der Waals surface area contributed by atoms with Gasteiger partial charge in [-0.25, -0.2) is 0 Å². The van der Waals surface area contributed by atoms with Crippen LogP contribution in [0, 0.1) is 5.92 Å². The lowest BCUT2D eigenvalue weighted by Crippen LogP contribution is -2.54. The predicted octanol–water partition coefficient (Wildman–Crippen LogP) is 2.39. The summed E-state index contributed by atoms with van der Waals surface area (Å²) in [5.74, 6) is 0.833. The minimum atomic E-state index is -0.00844. The lowest BCUT2D eigenvalue weighted by atomic mass is 9.99. The van der Waals surface area contributed by atoms with Gasteiger partial charge in [-0.1, -0.05) is 27.2 Å². The Morgan fingerprint density at radius 3 is 2.67 bits per heavy atom. The highest BCUT2D eigenvalue weighted by Crippen LogP contribution is 2.19. The third-order valence-electron chi connectivity index (χ3n) is 4.38. The third kappa shape index (κ3) is 6.79. The van der Waals surface area contributed by atoms with Gasteiger partial charge in [0.05, 0.1) is 6.04 Å². The number of hydrogen-bond donors (Lipinski definition) is 2. The van der Waals surface area contributed by atoms with Gasteiger partial charge in [0.2, 0.25) is 5.91 Å². The maximum atomic E-state index is 12.3. The first kappa shape index (κ1) is 18.4. The van der Waals surface area contributed by atoms with Gasteiger partial charge in [0.25, 0.3) is 0 Å². The zero-order valence-electron chi connectivity index (χ0n) is 14.5. The molecule has 4 nitrogen and oxygen atoms in total. The molecule has 21 heavy (non-hydrogen) atoms. The summed E-state index contributed by atoms with van der Waals surface area (Å²) in [5.41, 5.74) is 0. The number of nitrogens with zero attached hydrogens (tertiary/aromatic N) is 1. The van der Waals surface area contributed by atoms with Gasteiger partial charge in [-0.2, -0.15) is 0 Å². The van der Waals surface area contributed by atoms with Crippen LogP contribution in [0.2, 0.25) is 0 Å². The summed E-state index contributed by atoms with van der Waals surface area (Å²) in [6.07, 6.45) is 5.93. The van der Waals surface area contributed by atoms with E-state index < -0.39 is 0 Å². The second kappa shape index (κ2) is 10.2. The van der Waals surface area contributed by atoms with Gasteiger partial charge in [-0.15, -0.1) is 0 Å². The largest absolute Gasteiger partial charge is 0.355 e. The van der Waals surface area contributed by atoms with Gasteiger partial charge >= 0.3 is 0 Å². The van der Waals surface area contributed by atoms with Crippen LogP contribution in [-0.2, 0) is 4.79 Å². The zero-order chi connectivity index (χ0) is 15.7. The second-order valence-electron chi connectivity index (χ2n) is 6.74. The quantitative estimate of drug-likeness (QED) is 0.642. The van der Waals surface area contributed by atoms with Crippen molar-refractivity contribution in [3.63, 3.8) is 0 Å². The molecule has 0 spiro atoms. The van der Waals surface area contributed by atoms with E-state index in [0.29, 0.717) is 12.0 Å². The van der Waals surface area contributed by atoms with Crippen LogP contribution in [0.1, 0.15) is 59.8 Å². The molecule has 1 amide bonds. The van der Waals surface area contributed by atoms with Crippen molar-refractivity contribution in [2.45, 2.75) is 71.9 Å². The first-order chi connectivity index (χ1) is 10.1. The van der Waals surface area contributed by atoms with Crippen LogP contribution in [-0.4, -0.2) is 49.1 Å². The van der Waals surface area contributed by atoms with E-state index in [0.717, 1.165) is 39.0 Å². The Morgan fingerprint density at radius 2 is 2.00 bits per heavy atom. The Labute approximate surface area is 131 Å². The Hall–Kier alpha value is -0.610. The van der Waals surface area contributed by atoms with Gasteiger partial charge in [0.15, 0.2) is 0 Å². The van der Waals surface area contributed by atoms with Crippen molar-refractivity contribution in [1.82, 2.24) is 15.5 Å². The van der Waals surface area contributed by atoms with Crippen molar-refractivity contribution in [3.8, 4) is 0 Å². The first-order valence-electron chi connectivity index (χ1n) is 8.80. The minimum absolute atomic E-state index is 0.00844. The van der Waals surface area contributed by atoms with Gasteiger partial charge in [-0.05, 0) is 51.6 Å². The van der Waals surface area contributed by atoms with Crippen LogP contribution in [0.15, 0.2) is 0 Å². The standard InChI is InChI=1S/C17H35N3O/c1-5-10-18-13-16-8-6-7-12-20(16)15(4)17(21)19-11-9-14(2)3/h14-16,18H,5-13H2,1-4H3,(H,19,21). The number of carbonyl (C=O) groups is 1. The molecule has 4 heteroatoms. The highest BCUT2D eigenvalue weighted by Gasteiger charge is 2.29. The van der Waals surface area contributed by atoms with Crippen molar-refractivity contribution < 1.29 is 4.79 Å². The van der Waals surface area contributed by atoms with E-state index in [2.05, 4.69) is 43.2 Å². The number of piperidine rings is 1. The molecule has 2 unspecified atom stereocenters. The minimum Gasteiger partial charge on any atom is -0.355 e. The highest BCUT2D eigenvalue weighted by molar-refractivity contribution is 5.81. The summed E-state index contributed by atoms with van der Waals surface area (Å²) in [7, 11) is 0. The van der Waals surface area contributed by atoms with Crippen LogP contribution < -0.4 is 10.6 Å². The van der Waals surface area contributed by atoms with Crippen molar-refractivity contribution >= 4 is 5.91 Å². The lowest BCUT2D eigenvalue weighted by molar-refractivity contribution is -0.127. The second-order valence-corrected chi connectivity index (χ2v) is 6.74. The summed E-state index contributed by atoms with van der Waals surface area (Å²) in [6, 6.07) is 0.502. The fourth-order valence-electron chi connectivity index (χ4n) is 2.98. The van der Waals surface area contributed by atoms with Crippen molar-refractivity contribution in [1.29, 1.82) is 0 Å². The molecule has 2 N–H and O–H groups in total. The maximum absolute atomic E-state index is 12.3. The molecule has 1 saturated heterocycles. The van der Waals surface area contributed by atoms with Gasteiger partial charge < -0.3 is 10.6 Å². The van der Waals surface area contributed by atoms with Crippen molar-refractivity contribution in [3.05, 3.63) is 0 Å². The van der Waals surface area contributed by atoms with Gasteiger partial charge in [0, 0.05) is 19.1 Å². The molecule has 1 rings (SSSR count). The van der Waals surface area contributed by atoms with E-state index in [1.54, 1.807) is 0 Å². The molecule has 2 atom stereocenters. The molecule has 0 bridgehead atoms. The van der Waals surface area contributed by atoms with Crippen LogP contribution in [0.4, 0.5) is 0 Å². The molecule has 0 aliphatic carbocycles. The molecular weight excluding hydrogens is 262 g/mol. The van der Waals surface area contributed by atoms with Crippen LogP contribution in [0.25, 0.3) is 0 Å². The number of carbonyl (C=O) groups excluding carboxylic acids is 1. The zero-order valence-corrected chi connectivity index (χ0v) is 14.5. The highest BCUT2D eigenvalue weighted by atomic mass is 16.2. The Kier molecular flexibility index (Phi) is 8.93. The predicted molar refractivity (Wildman–Crippen MR) is 89.4 cm³/mol. The Morgan fingerprint density at radius 1 is 1.24 bits per heavy atom. The van der Waals surface area contributed by atoms with E-state index in [1.807, 2.05) is 0 Å². The smallest absolute Gasteiger partial charge is 0.237 e. The molecular formula is C17H35N3O. The van der Waals surface area contributed by atoms with Crippen LogP contribution in [0.3, 0.4) is 0 Å². The topological polar surface area (TPSA) is 44.4 Å². The van der Waals surface area contributed by atoms with Gasteiger partial charge in [0.1, 0.15) is 0 Å². The summed E-state index contributed by atoms with van der Waals surface area (Å²) in [5, 5.41) is 6.61. The molecule has 1 aliphatic rings. The maximum Gasteiger partial charge on any atom is 0.237 e. The first-order valence-corrected chi connectivity index (χ1v) is 8.80. The van der Waals surface area contributed by atoms with Gasteiger partial charge in [-0.3, -0.25) is 9.69 Å². The summed E-state index contributed by atoms with van der Waals surface area (Å²) in [6.45, 7) is 12.6. The fraction of sp³-hybridized carbons (Fsp3) is 0.941. The van der Waals surface area contributed by atoms with Crippen LogP contribution >= 0.6 is 0 Å². The lowest BCUT2D eigenvalue weighted by Gasteiger charge is -2.39. The molecule has 1 fully saturated rings. The van der Waals surface area contributed by atoms with Crippen LogP contribution in [0.5, 0.6) is 0 Å². The third-order valence-corrected chi connectivity index (χ3v) is 4.38. The summed E-state index contributed by atoms with van der Waals surface area (Å²) in [4.78, 5) is 14.7. The number of amides is 1. The molecule has 0 aromatic rings. The van der Waals surface area contributed by atoms with Crippen molar-refractivity contribution in [2.75, 3.05) is 26.2 Å². The van der Waals surface area contributed by atoms with E-state index in [1.165, 1.54) is 19.3 Å². The number of nitrogens with one attached hydrogen (secondary N) is 2. The summed E-state index contributed by atoms with van der Waals surface area (Å²) < 4.78 is 0. The fourth-order valence-corrected chi connectivity index (χ4v) is 2.98. The SMILES string of the molecule is CCCNCC1CCCCN1C(C)C(=O)NCCC(C)C. The van der Waals surface area contributed by atoms with Crippen molar-refractivity contribution in [2.24, 2.45) is 5.92 Å². The number of likely N-dealkylation sites (tertiary alicyclic amines) is 1. The normalized spacial score (nSPS) is 21.5.